The van der Waals surface area contributed by atoms with Gasteiger partial charge in [-0.1, -0.05) is 50.2 Å². The summed E-state index contributed by atoms with van der Waals surface area (Å²) in [6, 6.07) is 11.3. The zero-order chi connectivity index (χ0) is 28.1. The molecule has 11 nitrogen and oxygen atoms in total. The molecule has 2 amide bonds. The molecule has 204 valence electrons. The van der Waals surface area contributed by atoms with Gasteiger partial charge in [0.2, 0.25) is 0 Å². The minimum absolute atomic E-state index is 0.301. The van der Waals surface area contributed by atoms with Crippen LogP contribution in [0.4, 0.5) is 10.5 Å². The number of urea groups is 1. The Morgan fingerprint density at radius 3 is 2.03 bits per heavy atom. The van der Waals surface area contributed by atoms with Gasteiger partial charge in [-0.15, -0.1) is 0 Å². The lowest BCUT2D eigenvalue weighted by Crippen LogP contribution is -2.53. The highest BCUT2D eigenvalue weighted by Crippen LogP contribution is 2.29. The standard InChI is InChI=1S/C18H20N2O4.C6H13NO2.CH5BO2/c1-13(17(21)22)20(18(23)19-9-11-24-12-10-19)16-8-4-6-14-5-2-3-7-15(14)16;1-4(2)3-5(7)6(8)9;1-2(3)4/h2-8,13H,9-12H2,1H3,(H,21,22);4-5H,3,7H2,1-2H3,(H,8,9);3-4H,1H3/t13-;5-;/m00./s1. The zero-order valence-corrected chi connectivity index (χ0v) is 21.8. The van der Waals surface area contributed by atoms with E-state index in [1.165, 1.54) is 18.6 Å². The van der Waals surface area contributed by atoms with Crippen molar-refractivity contribution in [3.8, 4) is 0 Å². The molecule has 0 bridgehead atoms. The Balaban J connectivity index is 0.000000440. The van der Waals surface area contributed by atoms with Gasteiger partial charge in [-0.2, -0.15) is 0 Å². The van der Waals surface area contributed by atoms with E-state index in [-0.39, 0.29) is 6.03 Å². The molecule has 0 radical (unpaired) electrons. The van der Waals surface area contributed by atoms with Crippen molar-refractivity contribution in [3.05, 3.63) is 42.5 Å². The molecule has 6 N–H and O–H groups in total. The van der Waals surface area contributed by atoms with Gasteiger partial charge in [0.1, 0.15) is 12.1 Å². The summed E-state index contributed by atoms with van der Waals surface area (Å²) in [6.45, 7) is 8.57. The van der Waals surface area contributed by atoms with Crippen LogP contribution >= 0.6 is 0 Å². The van der Waals surface area contributed by atoms with Crippen LogP contribution in [-0.4, -0.2) is 88.6 Å². The van der Waals surface area contributed by atoms with Crippen molar-refractivity contribution in [3.63, 3.8) is 0 Å². The lowest BCUT2D eigenvalue weighted by atomic mass is 9.99. The molecule has 1 saturated heterocycles. The van der Waals surface area contributed by atoms with E-state index in [0.29, 0.717) is 44.3 Å². The molecule has 0 saturated carbocycles. The summed E-state index contributed by atoms with van der Waals surface area (Å²) in [5.74, 6) is -1.59. The van der Waals surface area contributed by atoms with E-state index in [2.05, 4.69) is 0 Å². The van der Waals surface area contributed by atoms with Crippen LogP contribution < -0.4 is 10.6 Å². The molecule has 2 aromatic carbocycles. The molecule has 1 heterocycles. The maximum atomic E-state index is 13.0. The van der Waals surface area contributed by atoms with Crippen LogP contribution in [0.15, 0.2) is 42.5 Å². The van der Waals surface area contributed by atoms with Crippen molar-refractivity contribution >= 4 is 41.5 Å². The number of aliphatic carboxylic acids is 2. The van der Waals surface area contributed by atoms with E-state index >= 15 is 0 Å². The first-order valence-electron chi connectivity index (χ1n) is 12.1. The van der Waals surface area contributed by atoms with Crippen molar-refractivity contribution in [2.45, 2.75) is 46.1 Å². The molecular formula is C25H38BN3O8. The van der Waals surface area contributed by atoms with Gasteiger partial charge >= 0.3 is 25.1 Å². The highest BCUT2D eigenvalue weighted by molar-refractivity contribution is 6.38. The number of nitrogens with two attached hydrogens (primary N) is 1. The summed E-state index contributed by atoms with van der Waals surface area (Å²) in [7, 11) is -1.17. The number of morpholine rings is 1. The fraction of sp³-hybridized carbons (Fsp3) is 0.480. The van der Waals surface area contributed by atoms with Gasteiger partial charge < -0.3 is 35.6 Å². The number of hydrogen-bond donors (Lipinski definition) is 5. The molecule has 1 aliphatic rings. The quantitative estimate of drug-likeness (QED) is 0.358. The topological polar surface area (TPSA) is 174 Å². The second-order valence-corrected chi connectivity index (χ2v) is 8.97. The molecular weight excluding hydrogens is 481 g/mol. The Labute approximate surface area is 217 Å². The Morgan fingerprint density at radius 1 is 1.00 bits per heavy atom. The van der Waals surface area contributed by atoms with Crippen LogP contribution in [-0.2, 0) is 14.3 Å². The number of carbonyl (C=O) groups is 3. The molecule has 37 heavy (non-hydrogen) atoms. The van der Waals surface area contributed by atoms with Crippen molar-refractivity contribution in [1.82, 2.24) is 4.90 Å². The van der Waals surface area contributed by atoms with E-state index < -0.39 is 31.1 Å². The van der Waals surface area contributed by atoms with E-state index in [1.54, 1.807) is 11.0 Å². The molecule has 3 rings (SSSR count). The second-order valence-electron chi connectivity index (χ2n) is 8.97. The molecule has 2 aromatic rings. The van der Waals surface area contributed by atoms with Gasteiger partial charge in [0.05, 0.1) is 18.9 Å². The second kappa shape index (κ2) is 15.8. The van der Waals surface area contributed by atoms with E-state index in [1.807, 2.05) is 50.2 Å². The van der Waals surface area contributed by atoms with Gasteiger partial charge in [-0.05, 0) is 37.5 Å². The third-order valence-electron chi connectivity index (χ3n) is 5.30. The van der Waals surface area contributed by atoms with Crippen molar-refractivity contribution < 1.29 is 39.4 Å². The number of anilines is 1. The van der Waals surface area contributed by atoms with Crippen molar-refractivity contribution in [2.75, 3.05) is 31.2 Å². The summed E-state index contributed by atoms with van der Waals surface area (Å²) in [6.07, 6.45) is 0.551. The number of amides is 2. The lowest BCUT2D eigenvalue weighted by Gasteiger charge is -2.35. The molecule has 0 aliphatic carbocycles. The highest BCUT2D eigenvalue weighted by Gasteiger charge is 2.32. The largest absolute Gasteiger partial charge is 0.480 e. The number of carboxylic acid groups (broad SMARTS) is 2. The number of nitrogens with zero attached hydrogens (tertiary/aromatic N) is 2. The van der Waals surface area contributed by atoms with E-state index in [0.717, 1.165) is 10.8 Å². The number of fused-ring (bicyclic) bond motifs is 1. The molecule has 1 aliphatic heterocycles. The summed E-state index contributed by atoms with van der Waals surface area (Å²) in [5, 5.41) is 34.8. The molecule has 1 fully saturated rings. The summed E-state index contributed by atoms with van der Waals surface area (Å²) in [4.78, 5) is 37.7. The molecule has 0 spiro atoms. The van der Waals surface area contributed by atoms with Gasteiger partial charge in [0.15, 0.2) is 0 Å². The van der Waals surface area contributed by atoms with Gasteiger partial charge in [0, 0.05) is 18.5 Å². The van der Waals surface area contributed by atoms with Crippen LogP contribution in [0.5, 0.6) is 0 Å². The predicted octanol–water partition coefficient (Wildman–Crippen LogP) is 2.10. The average Bonchev–Trinajstić information content (AvgIpc) is 2.84. The number of ether oxygens (including phenoxy) is 1. The monoisotopic (exact) mass is 519 g/mol. The highest BCUT2D eigenvalue weighted by atomic mass is 16.5. The van der Waals surface area contributed by atoms with Gasteiger partial charge in [0.25, 0.3) is 0 Å². The number of hydrogen-bond acceptors (Lipinski definition) is 7. The van der Waals surface area contributed by atoms with Gasteiger partial charge in [-0.25, -0.2) is 9.59 Å². The van der Waals surface area contributed by atoms with Crippen LogP contribution in [0, 0.1) is 5.92 Å². The molecule has 2 atom stereocenters. The Hall–Kier alpha value is -3.19. The molecule has 12 heteroatoms. The van der Waals surface area contributed by atoms with Crippen LogP contribution in [0.25, 0.3) is 10.8 Å². The molecule has 0 unspecified atom stereocenters. The fourth-order valence-corrected chi connectivity index (χ4v) is 3.52. The van der Waals surface area contributed by atoms with Crippen molar-refractivity contribution in [1.29, 1.82) is 0 Å². The van der Waals surface area contributed by atoms with Crippen LogP contribution in [0.2, 0.25) is 6.82 Å². The minimum atomic E-state index is -1.17. The minimum Gasteiger partial charge on any atom is -0.480 e. The maximum Gasteiger partial charge on any atom is 0.448 e. The Bertz CT molecular complexity index is 1010. The van der Waals surface area contributed by atoms with Crippen LogP contribution in [0.3, 0.4) is 0 Å². The summed E-state index contributed by atoms with van der Waals surface area (Å²) in [5.41, 5.74) is 5.83. The maximum absolute atomic E-state index is 13.0. The fourth-order valence-electron chi connectivity index (χ4n) is 3.52. The first-order chi connectivity index (χ1) is 17.4. The number of carboxylic acids is 2. The zero-order valence-electron chi connectivity index (χ0n) is 21.8. The van der Waals surface area contributed by atoms with Crippen LogP contribution in [0.1, 0.15) is 27.2 Å². The van der Waals surface area contributed by atoms with E-state index in [4.69, 9.17) is 25.6 Å². The lowest BCUT2D eigenvalue weighted by molar-refractivity contribution is -0.139. The Morgan fingerprint density at radius 2 is 1.54 bits per heavy atom. The third-order valence-corrected chi connectivity index (χ3v) is 5.30. The predicted molar refractivity (Wildman–Crippen MR) is 142 cm³/mol. The SMILES string of the molecule is CB(O)O.CC(C)C[C@H](N)C(=O)O.C[C@@H](C(=O)O)N(C(=O)N1CCOCC1)c1cccc2ccccc12. The number of rotatable bonds is 6. The first kappa shape index (κ1) is 31.8. The number of benzene rings is 2. The number of carbonyl (C=O) groups excluding carboxylic acids is 1. The van der Waals surface area contributed by atoms with E-state index in [9.17, 15) is 19.5 Å². The summed E-state index contributed by atoms with van der Waals surface area (Å²) >= 11 is 0. The Kier molecular flexibility index (Phi) is 13.6. The van der Waals surface area contributed by atoms with Gasteiger partial charge in [-0.3, -0.25) is 9.69 Å². The third kappa shape index (κ3) is 10.8. The molecule has 0 aromatic heterocycles. The summed E-state index contributed by atoms with van der Waals surface area (Å²) < 4.78 is 5.28. The van der Waals surface area contributed by atoms with Crippen molar-refractivity contribution in [2.24, 2.45) is 11.7 Å². The average molecular weight is 519 g/mol. The first-order valence-corrected chi connectivity index (χ1v) is 12.1. The normalized spacial score (nSPS) is 14.4. The smallest absolute Gasteiger partial charge is 0.448 e.